The van der Waals surface area contributed by atoms with Gasteiger partial charge in [-0.1, -0.05) is 146 Å². The highest BCUT2D eigenvalue weighted by Crippen LogP contribution is 2.60. The normalized spacial score (nSPS) is 23.1. The zero-order valence-corrected chi connectivity index (χ0v) is 25.5. The molecule has 4 atom stereocenters. The first-order chi connectivity index (χ1) is 19.7. The van der Waals surface area contributed by atoms with Crippen molar-refractivity contribution in [2.24, 2.45) is 17.8 Å². The molecule has 2 aliphatic carbocycles. The van der Waals surface area contributed by atoms with E-state index in [4.69, 9.17) is 0 Å². The van der Waals surface area contributed by atoms with Crippen molar-refractivity contribution in [2.45, 2.75) is 45.2 Å². The Balaban J connectivity index is 1.49. The third-order valence-electron chi connectivity index (χ3n) is 8.87. The lowest BCUT2D eigenvalue weighted by molar-refractivity contribution is 0.280. The first kappa shape index (κ1) is 27.4. The zero-order chi connectivity index (χ0) is 27.3. The lowest BCUT2D eigenvalue weighted by atomic mass is 9.70. The van der Waals surface area contributed by atoms with Gasteiger partial charge in [-0.05, 0) is 98.4 Å². The number of rotatable bonds is 7. The number of allylic oxidation sites excluding steroid dienone is 4. The van der Waals surface area contributed by atoms with Crippen molar-refractivity contribution in [3.63, 3.8) is 0 Å². The Morgan fingerprint density at radius 3 is 1.48 bits per heavy atom. The summed E-state index contributed by atoms with van der Waals surface area (Å²) < 4.78 is 0. The van der Waals surface area contributed by atoms with Crippen molar-refractivity contribution in [3.8, 4) is 0 Å². The fraction of sp³-hybridized carbons (Fsp3) is 0.263. The Morgan fingerprint density at radius 1 is 0.525 bits per heavy atom. The molecule has 4 aromatic carbocycles. The Labute approximate surface area is 243 Å². The van der Waals surface area contributed by atoms with E-state index in [-0.39, 0.29) is 0 Å². The van der Waals surface area contributed by atoms with Crippen LogP contribution in [0.3, 0.4) is 0 Å². The molecule has 0 fully saturated rings. The maximum Gasteiger partial charge on any atom is -0.00544 e. The first-order valence-corrected chi connectivity index (χ1v) is 17.6. The molecule has 0 saturated carbocycles. The van der Waals surface area contributed by atoms with Crippen LogP contribution in [0.1, 0.15) is 39.5 Å². The fourth-order valence-corrected chi connectivity index (χ4v) is 13.2. The Kier molecular flexibility index (Phi) is 8.77. The topological polar surface area (TPSA) is 0 Å². The highest BCUT2D eigenvalue weighted by atomic mass is 31.1. The average Bonchev–Trinajstić information content (AvgIpc) is 3.01. The maximum absolute atomic E-state index is 2.67. The van der Waals surface area contributed by atoms with E-state index >= 15 is 0 Å². The molecule has 40 heavy (non-hydrogen) atoms. The van der Waals surface area contributed by atoms with Crippen molar-refractivity contribution in [1.29, 1.82) is 0 Å². The first-order valence-electron chi connectivity index (χ1n) is 14.9. The van der Waals surface area contributed by atoms with E-state index in [9.17, 15) is 0 Å². The Morgan fingerprint density at radius 2 is 0.975 bits per heavy atom. The van der Waals surface area contributed by atoms with Gasteiger partial charge in [0, 0.05) is 0 Å². The lowest BCUT2D eigenvalue weighted by Gasteiger charge is -2.47. The Hall–Kier alpha value is -2.78. The molecule has 0 unspecified atom stereocenters. The van der Waals surface area contributed by atoms with Crippen molar-refractivity contribution in [3.05, 3.63) is 144 Å². The van der Waals surface area contributed by atoms with Gasteiger partial charge in [-0.25, -0.2) is 0 Å². The van der Waals surface area contributed by atoms with Crippen molar-refractivity contribution in [1.82, 2.24) is 0 Å². The van der Waals surface area contributed by atoms with Gasteiger partial charge in [0.2, 0.25) is 0 Å². The van der Waals surface area contributed by atoms with E-state index in [1.807, 2.05) is 0 Å². The van der Waals surface area contributed by atoms with Crippen LogP contribution in [-0.2, 0) is 0 Å². The lowest BCUT2D eigenvalue weighted by Crippen LogP contribution is -2.39. The van der Waals surface area contributed by atoms with Gasteiger partial charge >= 0.3 is 0 Å². The van der Waals surface area contributed by atoms with E-state index in [0.29, 0.717) is 23.4 Å². The van der Waals surface area contributed by atoms with Crippen molar-refractivity contribution >= 4 is 37.1 Å². The predicted octanol–water partition coefficient (Wildman–Crippen LogP) is 8.91. The molecule has 0 aromatic heterocycles. The van der Waals surface area contributed by atoms with Gasteiger partial charge in [-0.2, -0.15) is 0 Å². The molecule has 0 spiro atoms. The molecular weight excluding hydrogens is 518 g/mol. The van der Waals surface area contributed by atoms with Crippen LogP contribution in [-0.4, -0.2) is 5.66 Å². The largest absolute Gasteiger partial charge is 0.0853 e. The summed E-state index contributed by atoms with van der Waals surface area (Å²) in [6, 6.07) is 45.6. The summed E-state index contributed by atoms with van der Waals surface area (Å²) in [6.07, 6.45) is 10.2. The quantitative estimate of drug-likeness (QED) is 0.157. The van der Waals surface area contributed by atoms with Crippen LogP contribution in [0.15, 0.2) is 144 Å². The molecular formula is C38H40P2. The molecule has 0 nitrogen and oxygen atoms in total. The van der Waals surface area contributed by atoms with Gasteiger partial charge in [-0.15, -0.1) is 0 Å². The summed E-state index contributed by atoms with van der Waals surface area (Å²) in [7, 11) is -1.07. The minimum absolute atomic E-state index is 0.487. The van der Waals surface area contributed by atoms with Gasteiger partial charge in [0.05, 0.1) is 0 Å². The summed E-state index contributed by atoms with van der Waals surface area (Å²) >= 11 is 0. The second kappa shape index (κ2) is 12.8. The smallest absolute Gasteiger partial charge is 0.00544 e. The van der Waals surface area contributed by atoms with E-state index < -0.39 is 15.8 Å². The third-order valence-corrected chi connectivity index (χ3v) is 14.5. The summed E-state index contributed by atoms with van der Waals surface area (Å²) in [4.78, 5) is 0. The van der Waals surface area contributed by atoms with E-state index in [2.05, 4.69) is 147 Å². The van der Waals surface area contributed by atoms with Crippen molar-refractivity contribution in [2.75, 3.05) is 0 Å². The standard InChI is InChI=1S/C38H40P2/c1-29-17-15-27-35(39(31-19-7-3-8-20-31)32-21-9-4-10-22-32)37(29)38-30(2)18-16-28-36(38)40(33-23-11-5-12-24-33)34-25-13-6-14-26-34/h3-14,17,19-26,28,30,35,37-38H,15-16,18,27H2,1-2H3/t30-,35-,37+,38-/m1/s1. The minimum Gasteiger partial charge on any atom is -0.0853 e. The number of hydrogen-bond donors (Lipinski definition) is 0. The van der Waals surface area contributed by atoms with E-state index in [0.717, 1.165) is 0 Å². The van der Waals surface area contributed by atoms with Gasteiger partial charge in [0.1, 0.15) is 0 Å². The zero-order valence-electron chi connectivity index (χ0n) is 23.7. The van der Waals surface area contributed by atoms with Crippen LogP contribution in [0.5, 0.6) is 0 Å². The molecule has 0 heterocycles. The molecule has 2 heteroatoms. The molecule has 202 valence electrons. The van der Waals surface area contributed by atoms with Crippen LogP contribution in [0.4, 0.5) is 0 Å². The number of benzene rings is 4. The van der Waals surface area contributed by atoms with Crippen LogP contribution < -0.4 is 21.2 Å². The average molecular weight is 559 g/mol. The molecule has 0 saturated heterocycles. The molecule has 0 aliphatic heterocycles. The van der Waals surface area contributed by atoms with E-state index in [1.54, 1.807) is 10.9 Å². The van der Waals surface area contributed by atoms with Gasteiger partial charge in [-0.3, -0.25) is 0 Å². The van der Waals surface area contributed by atoms with Crippen LogP contribution in [0, 0.1) is 17.8 Å². The highest BCUT2D eigenvalue weighted by Gasteiger charge is 2.44. The molecule has 2 aliphatic rings. The van der Waals surface area contributed by atoms with Crippen LogP contribution >= 0.6 is 15.8 Å². The molecule has 6 rings (SSSR count). The highest BCUT2D eigenvalue weighted by molar-refractivity contribution is 7.76. The van der Waals surface area contributed by atoms with Gasteiger partial charge < -0.3 is 0 Å². The summed E-state index contributed by atoms with van der Waals surface area (Å²) in [5.74, 6) is 1.77. The maximum atomic E-state index is 2.67. The molecule has 0 amide bonds. The summed E-state index contributed by atoms with van der Waals surface area (Å²) in [5.41, 5.74) is 2.25. The molecule has 4 aromatic rings. The Bertz CT molecular complexity index is 1350. The summed E-state index contributed by atoms with van der Waals surface area (Å²) in [6.45, 7) is 5.00. The molecule has 0 radical (unpaired) electrons. The predicted molar refractivity (Wildman–Crippen MR) is 178 cm³/mol. The summed E-state index contributed by atoms with van der Waals surface area (Å²) in [5, 5.41) is 7.73. The second-order valence-electron chi connectivity index (χ2n) is 11.4. The van der Waals surface area contributed by atoms with E-state index in [1.165, 1.54) is 46.9 Å². The van der Waals surface area contributed by atoms with Crippen molar-refractivity contribution < 1.29 is 0 Å². The SMILES string of the molecule is CC1=CCC[C@@H](P(c2ccccc2)c2ccccc2)[C@H]1[C@H]1C(P(c2ccccc2)c2ccccc2)=CCC[C@H]1C. The van der Waals surface area contributed by atoms with Gasteiger partial charge in [0.15, 0.2) is 0 Å². The molecule has 0 N–H and O–H groups in total. The van der Waals surface area contributed by atoms with Crippen LogP contribution in [0.2, 0.25) is 0 Å². The molecule has 0 bridgehead atoms. The van der Waals surface area contributed by atoms with Crippen LogP contribution in [0.25, 0.3) is 0 Å². The fourth-order valence-electron chi connectivity index (χ4n) is 7.10. The monoisotopic (exact) mass is 558 g/mol. The third kappa shape index (κ3) is 5.68. The second-order valence-corrected chi connectivity index (χ2v) is 16.0. The minimum atomic E-state index is -0.585. The number of hydrogen-bond acceptors (Lipinski definition) is 0. The van der Waals surface area contributed by atoms with Gasteiger partial charge in [0.25, 0.3) is 0 Å².